The molecule has 0 spiro atoms. The number of ether oxygens (including phenoxy) is 1. The third-order valence-corrected chi connectivity index (χ3v) is 8.40. The summed E-state index contributed by atoms with van der Waals surface area (Å²) in [7, 11) is -4.33. The van der Waals surface area contributed by atoms with Gasteiger partial charge in [0, 0.05) is 18.5 Å². The van der Waals surface area contributed by atoms with Crippen molar-refractivity contribution in [3.63, 3.8) is 0 Å². The highest BCUT2D eigenvalue weighted by Crippen LogP contribution is 2.33. The number of amides is 2. The molecule has 1 fully saturated rings. The number of carbonyl (C=O) groups excluding carboxylic acids is 3. The molecule has 192 valence electrons. The molecular formula is C26H22Cl2N2O6S. The van der Waals surface area contributed by atoms with Gasteiger partial charge in [-0.05, 0) is 54.4 Å². The third kappa shape index (κ3) is 5.86. The Bertz CT molecular complexity index is 1450. The zero-order valence-electron chi connectivity index (χ0n) is 19.6. The average molecular weight is 561 g/mol. The summed E-state index contributed by atoms with van der Waals surface area (Å²) in [5.74, 6) is -1.53. The Morgan fingerprint density at radius 2 is 1.70 bits per heavy atom. The lowest BCUT2D eigenvalue weighted by molar-refractivity contribution is -0.132. The monoisotopic (exact) mass is 560 g/mol. The lowest BCUT2D eigenvalue weighted by Crippen LogP contribution is -2.46. The first-order valence-electron chi connectivity index (χ1n) is 11.2. The van der Waals surface area contributed by atoms with Crippen molar-refractivity contribution in [1.82, 2.24) is 4.31 Å². The molecule has 0 radical (unpaired) electrons. The number of sulfonamides is 1. The maximum absolute atomic E-state index is 13.8. The molecule has 11 heteroatoms. The van der Waals surface area contributed by atoms with Crippen molar-refractivity contribution in [2.24, 2.45) is 0 Å². The van der Waals surface area contributed by atoms with E-state index in [0.29, 0.717) is 6.42 Å². The van der Waals surface area contributed by atoms with E-state index in [-0.39, 0.29) is 39.3 Å². The maximum Gasteiger partial charge on any atom is 0.308 e. The van der Waals surface area contributed by atoms with Gasteiger partial charge in [-0.25, -0.2) is 13.3 Å². The number of benzene rings is 3. The molecule has 1 unspecified atom stereocenters. The van der Waals surface area contributed by atoms with Crippen LogP contribution in [0.3, 0.4) is 0 Å². The number of rotatable bonds is 8. The molecule has 1 aliphatic heterocycles. The number of imide groups is 1. The summed E-state index contributed by atoms with van der Waals surface area (Å²) < 4.78 is 33.6. The second-order valence-corrected chi connectivity index (χ2v) is 11.0. The number of hydrogen-bond acceptors (Lipinski definition) is 6. The van der Waals surface area contributed by atoms with Crippen molar-refractivity contribution in [1.29, 1.82) is 0 Å². The van der Waals surface area contributed by atoms with Crippen LogP contribution in [-0.4, -0.2) is 43.1 Å². The van der Waals surface area contributed by atoms with Crippen LogP contribution in [-0.2, 0) is 30.8 Å². The third-order valence-electron chi connectivity index (χ3n) is 5.77. The molecule has 2 amide bonds. The number of nitrogens with zero attached hydrogens (tertiary/aromatic N) is 2. The molecule has 1 heterocycles. The highest BCUT2D eigenvalue weighted by atomic mass is 35.5. The standard InChI is InChI=1S/C26H22Cl2N2O6S/c1-17(31)36-21-10-8-20(9-11-21)30-25(32)16-23(26(30)33)29(14-13-18-5-3-2-4-6-18)37(34,35)24-15-19(27)7-12-22(24)28/h2-12,15,23H,13-14,16H2,1H3. The topological polar surface area (TPSA) is 101 Å². The lowest BCUT2D eigenvalue weighted by Gasteiger charge is -2.27. The van der Waals surface area contributed by atoms with Gasteiger partial charge < -0.3 is 4.74 Å². The van der Waals surface area contributed by atoms with Gasteiger partial charge in [0.25, 0.3) is 5.91 Å². The Morgan fingerprint density at radius 3 is 2.35 bits per heavy atom. The average Bonchev–Trinajstić information content (AvgIpc) is 3.14. The molecule has 3 aromatic rings. The number of halogens is 2. The minimum absolute atomic E-state index is 0.0520. The summed E-state index contributed by atoms with van der Waals surface area (Å²) in [6.07, 6.45) is -0.0515. The van der Waals surface area contributed by atoms with E-state index in [0.717, 1.165) is 14.8 Å². The van der Waals surface area contributed by atoms with Gasteiger partial charge in [0.15, 0.2) is 0 Å². The minimum Gasteiger partial charge on any atom is -0.427 e. The van der Waals surface area contributed by atoms with Crippen molar-refractivity contribution < 1.29 is 27.5 Å². The summed E-state index contributed by atoms with van der Waals surface area (Å²) in [6, 6.07) is 17.7. The Balaban J connectivity index is 1.69. The molecular weight excluding hydrogens is 539 g/mol. The van der Waals surface area contributed by atoms with Gasteiger partial charge in [0.1, 0.15) is 16.7 Å². The molecule has 0 saturated carbocycles. The Kier molecular flexibility index (Phi) is 7.99. The lowest BCUT2D eigenvalue weighted by atomic mass is 10.1. The molecule has 4 rings (SSSR count). The van der Waals surface area contributed by atoms with Crippen molar-refractivity contribution in [3.05, 3.63) is 88.4 Å². The van der Waals surface area contributed by atoms with Crippen molar-refractivity contribution in [2.45, 2.75) is 30.7 Å². The van der Waals surface area contributed by atoms with Crippen molar-refractivity contribution in [3.8, 4) is 5.75 Å². The second kappa shape index (κ2) is 11.0. The van der Waals surface area contributed by atoms with E-state index in [2.05, 4.69) is 0 Å². The van der Waals surface area contributed by atoms with Gasteiger partial charge in [0.2, 0.25) is 15.9 Å². The first-order chi connectivity index (χ1) is 17.6. The first-order valence-corrected chi connectivity index (χ1v) is 13.4. The summed E-state index contributed by atoms with van der Waals surface area (Å²) in [6.45, 7) is 1.18. The van der Waals surface area contributed by atoms with Crippen LogP contribution in [0.2, 0.25) is 10.0 Å². The Hall–Kier alpha value is -3.24. The van der Waals surface area contributed by atoms with Gasteiger partial charge in [0.05, 0.1) is 17.1 Å². The van der Waals surface area contributed by atoms with Gasteiger partial charge in [-0.15, -0.1) is 0 Å². The quantitative estimate of drug-likeness (QED) is 0.228. The minimum atomic E-state index is -4.33. The number of anilines is 1. The second-order valence-electron chi connectivity index (χ2n) is 8.30. The van der Waals surface area contributed by atoms with Crippen LogP contribution in [0.15, 0.2) is 77.7 Å². The molecule has 3 aromatic carbocycles. The summed E-state index contributed by atoms with van der Waals surface area (Å²) in [4.78, 5) is 38.4. The van der Waals surface area contributed by atoms with E-state index in [1.54, 1.807) is 0 Å². The molecule has 37 heavy (non-hydrogen) atoms. The van der Waals surface area contributed by atoms with E-state index in [4.69, 9.17) is 27.9 Å². The predicted octanol–water partition coefficient (Wildman–Crippen LogP) is 4.48. The van der Waals surface area contributed by atoms with E-state index in [1.165, 1.54) is 49.4 Å². The number of esters is 1. The maximum atomic E-state index is 13.8. The van der Waals surface area contributed by atoms with Crippen LogP contribution in [0.1, 0.15) is 18.9 Å². The van der Waals surface area contributed by atoms with Crippen molar-refractivity contribution in [2.75, 3.05) is 11.4 Å². The van der Waals surface area contributed by atoms with Crippen LogP contribution < -0.4 is 9.64 Å². The highest BCUT2D eigenvalue weighted by molar-refractivity contribution is 7.89. The summed E-state index contributed by atoms with van der Waals surface area (Å²) >= 11 is 12.3. The van der Waals surface area contributed by atoms with Crippen LogP contribution in [0, 0.1) is 0 Å². The van der Waals surface area contributed by atoms with E-state index >= 15 is 0 Å². The molecule has 1 saturated heterocycles. The highest BCUT2D eigenvalue weighted by Gasteiger charge is 2.47. The number of hydrogen-bond donors (Lipinski definition) is 0. The smallest absolute Gasteiger partial charge is 0.308 e. The summed E-state index contributed by atoms with van der Waals surface area (Å²) in [5, 5.41) is 0.109. The normalized spacial score (nSPS) is 15.9. The van der Waals surface area contributed by atoms with Crippen LogP contribution in [0.4, 0.5) is 5.69 Å². The molecule has 8 nitrogen and oxygen atoms in total. The molecule has 0 aromatic heterocycles. The zero-order chi connectivity index (χ0) is 26.7. The molecule has 1 aliphatic rings. The molecule has 0 N–H and O–H groups in total. The van der Waals surface area contributed by atoms with Gasteiger partial charge >= 0.3 is 5.97 Å². The van der Waals surface area contributed by atoms with Gasteiger partial charge in [-0.2, -0.15) is 4.31 Å². The van der Waals surface area contributed by atoms with Gasteiger partial charge in [-0.1, -0.05) is 53.5 Å². The molecule has 1 atom stereocenters. The first kappa shape index (κ1) is 26.8. The van der Waals surface area contributed by atoms with Gasteiger partial charge in [-0.3, -0.25) is 14.4 Å². The van der Waals surface area contributed by atoms with Crippen molar-refractivity contribution >= 4 is 56.7 Å². The van der Waals surface area contributed by atoms with Crippen LogP contribution in [0.25, 0.3) is 0 Å². The largest absolute Gasteiger partial charge is 0.427 e. The molecule has 0 bridgehead atoms. The Morgan fingerprint density at radius 1 is 1.03 bits per heavy atom. The fourth-order valence-electron chi connectivity index (χ4n) is 4.07. The van der Waals surface area contributed by atoms with Crippen LogP contribution in [0.5, 0.6) is 5.75 Å². The molecule has 0 aliphatic carbocycles. The van der Waals surface area contributed by atoms with E-state index in [1.807, 2.05) is 30.3 Å². The fraction of sp³-hybridized carbons (Fsp3) is 0.192. The van der Waals surface area contributed by atoms with E-state index < -0.39 is 33.8 Å². The predicted molar refractivity (Wildman–Crippen MR) is 139 cm³/mol. The van der Waals surface area contributed by atoms with E-state index in [9.17, 15) is 22.8 Å². The fourth-order valence-corrected chi connectivity index (χ4v) is 6.39. The number of carbonyl (C=O) groups is 3. The zero-order valence-corrected chi connectivity index (χ0v) is 22.0. The SMILES string of the molecule is CC(=O)Oc1ccc(N2C(=O)CC(N(CCc3ccccc3)S(=O)(=O)c3cc(Cl)ccc3Cl)C2=O)cc1. The van der Waals surface area contributed by atoms with Crippen LogP contribution >= 0.6 is 23.2 Å². The Labute approximate surface area is 224 Å². The summed E-state index contributed by atoms with van der Waals surface area (Å²) in [5.41, 5.74) is 1.09.